The summed E-state index contributed by atoms with van der Waals surface area (Å²) >= 11 is 0. The summed E-state index contributed by atoms with van der Waals surface area (Å²) in [5, 5.41) is 21.7. The highest BCUT2D eigenvalue weighted by molar-refractivity contribution is 5.86. The fraction of sp³-hybridized carbons (Fsp3) is 0.143. The Hall–Kier alpha value is -3.92. The van der Waals surface area contributed by atoms with E-state index in [1.165, 1.54) is 5.56 Å². The molecule has 5 aromatic rings. The highest BCUT2D eigenvalue weighted by Crippen LogP contribution is 2.30. The molecule has 5 rings (SSSR count). The molecule has 0 saturated carbocycles. The average molecular weight is 367 g/mol. The van der Waals surface area contributed by atoms with Crippen molar-refractivity contribution in [3.8, 4) is 17.3 Å². The highest BCUT2D eigenvalue weighted by atomic mass is 15.3. The smallest absolute Gasteiger partial charge is 0.161 e. The lowest BCUT2D eigenvalue weighted by atomic mass is 10.2. The molecule has 0 spiro atoms. The molecule has 1 aromatic carbocycles. The van der Waals surface area contributed by atoms with Gasteiger partial charge in [0.05, 0.1) is 29.0 Å². The minimum Gasteiger partial charge on any atom is -0.335 e. The predicted molar refractivity (Wildman–Crippen MR) is 106 cm³/mol. The molecule has 7 heteroatoms. The van der Waals surface area contributed by atoms with Crippen molar-refractivity contribution in [2.75, 3.05) is 0 Å². The first-order valence-corrected chi connectivity index (χ1v) is 9.02. The number of nitrogens with zero attached hydrogens (tertiary/aromatic N) is 7. The van der Waals surface area contributed by atoms with Gasteiger partial charge in [0.25, 0.3) is 0 Å². The van der Waals surface area contributed by atoms with Gasteiger partial charge >= 0.3 is 0 Å². The maximum Gasteiger partial charge on any atom is 0.161 e. The molecule has 0 fully saturated rings. The molecule has 0 aliphatic heterocycles. The van der Waals surface area contributed by atoms with Gasteiger partial charge < -0.3 is 4.57 Å². The van der Waals surface area contributed by atoms with Gasteiger partial charge in [-0.15, -0.1) is 10.2 Å². The number of aryl methyl sites for hydroxylation is 1. The number of hydrogen-bond acceptors (Lipinski definition) is 4. The third kappa shape index (κ3) is 2.55. The van der Waals surface area contributed by atoms with E-state index in [2.05, 4.69) is 54.6 Å². The van der Waals surface area contributed by atoms with Gasteiger partial charge in [-0.05, 0) is 30.7 Å². The lowest BCUT2D eigenvalue weighted by molar-refractivity contribution is 0.710. The Kier molecular flexibility index (Phi) is 3.69. The van der Waals surface area contributed by atoms with E-state index >= 15 is 0 Å². The van der Waals surface area contributed by atoms with Crippen LogP contribution >= 0.6 is 0 Å². The van der Waals surface area contributed by atoms with Crippen molar-refractivity contribution in [1.29, 1.82) is 5.26 Å². The third-order valence-electron chi connectivity index (χ3n) is 4.94. The zero-order valence-electron chi connectivity index (χ0n) is 15.3. The molecule has 0 amide bonds. The molecule has 0 atom stereocenters. The molecular weight excluding hydrogens is 350 g/mol. The molecule has 0 unspecified atom stereocenters. The van der Waals surface area contributed by atoms with Crippen LogP contribution in [0, 0.1) is 18.3 Å². The maximum absolute atomic E-state index is 8.96. The van der Waals surface area contributed by atoms with Crippen molar-refractivity contribution in [3.05, 3.63) is 72.3 Å². The molecule has 28 heavy (non-hydrogen) atoms. The van der Waals surface area contributed by atoms with Gasteiger partial charge in [0.1, 0.15) is 12.4 Å². The summed E-state index contributed by atoms with van der Waals surface area (Å²) in [6.07, 6.45) is 3.72. The van der Waals surface area contributed by atoms with Crippen molar-refractivity contribution >= 4 is 16.7 Å². The molecule has 136 valence electrons. The van der Waals surface area contributed by atoms with Gasteiger partial charge in [0.2, 0.25) is 0 Å². The normalized spacial score (nSPS) is 11.3. The SMILES string of the molecule is Cc1nnc2ccc3c(cc(-c4cnn(CC#N)c4)n3Cc3ccccc3)n12. The van der Waals surface area contributed by atoms with Gasteiger partial charge in [0.15, 0.2) is 5.65 Å². The number of benzene rings is 1. The largest absolute Gasteiger partial charge is 0.335 e. The lowest BCUT2D eigenvalue weighted by Gasteiger charge is -2.10. The molecule has 0 aliphatic carbocycles. The summed E-state index contributed by atoms with van der Waals surface area (Å²) in [5.74, 6) is 0.851. The Bertz CT molecular complexity index is 1330. The van der Waals surface area contributed by atoms with E-state index in [0.29, 0.717) is 0 Å². The van der Waals surface area contributed by atoms with Crippen LogP contribution in [-0.4, -0.2) is 28.9 Å². The van der Waals surface area contributed by atoms with Crippen LogP contribution in [0.4, 0.5) is 0 Å². The third-order valence-corrected chi connectivity index (χ3v) is 4.94. The molecule has 0 saturated heterocycles. The number of aromatic nitrogens is 6. The van der Waals surface area contributed by atoms with E-state index in [0.717, 1.165) is 40.3 Å². The number of hydrogen-bond donors (Lipinski definition) is 0. The van der Waals surface area contributed by atoms with Crippen molar-refractivity contribution in [2.45, 2.75) is 20.0 Å². The first kappa shape index (κ1) is 16.3. The average Bonchev–Trinajstić information content (AvgIpc) is 3.41. The zero-order chi connectivity index (χ0) is 19.1. The molecule has 4 heterocycles. The summed E-state index contributed by atoms with van der Waals surface area (Å²) in [6.45, 7) is 2.92. The molecular formula is C21H17N7. The molecule has 7 nitrogen and oxygen atoms in total. The minimum atomic E-state index is 0.230. The van der Waals surface area contributed by atoms with Crippen molar-refractivity contribution in [2.24, 2.45) is 0 Å². The van der Waals surface area contributed by atoms with Gasteiger partial charge in [-0.25, -0.2) is 0 Å². The van der Waals surface area contributed by atoms with Crippen LogP contribution in [0.15, 0.2) is 60.9 Å². The fourth-order valence-electron chi connectivity index (χ4n) is 3.67. The topological polar surface area (TPSA) is 76.7 Å². The summed E-state index contributed by atoms with van der Waals surface area (Å²) in [4.78, 5) is 0. The monoisotopic (exact) mass is 367 g/mol. The summed E-state index contributed by atoms with van der Waals surface area (Å²) < 4.78 is 6.00. The Labute approximate surface area is 161 Å². The first-order chi connectivity index (χ1) is 13.7. The van der Waals surface area contributed by atoms with E-state index in [1.807, 2.05) is 43.6 Å². The first-order valence-electron chi connectivity index (χ1n) is 9.02. The molecule has 4 aromatic heterocycles. The Morgan fingerprint density at radius 3 is 2.71 bits per heavy atom. The predicted octanol–water partition coefficient (Wildman–Crippen LogP) is 3.43. The second-order valence-electron chi connectivity index (χ2n) is 6.73. The minimum absolute atomic E-state index is 0.230. The number of fused-ring (bicyclic) bond motifs is 3. The molecule has 0 radical (unpaired) electrons. The van der Waals surface area contributed by atoms with Crippen LogP contribution in [0.5, 0.6) is 0 Å². The van der Waals surface area contributed by atoms with Gasteiger partial charge in [-0.1, -0.05) is 30.3 Å². The van der Waals surface area contributed by atoms with Crippen LogP contribution in [-0.2, 0) is 13.1 Å². The van der Waals surface area contributed by atoms with E-state index < -0.39 is 0 Å². The van der Waals surface area contributed by atoms with Gasteiger partial charge in [-0.2, -0.15) is 10.4 Å². The van der Waals surface area contributed by atoms with Crippen molar-refractivity contribution in [1.82, 2.24) is 28.9 Å². The van der Waals surface area contributed by atoms with Crippen molar-refractivity contribution < 1.29 is 0 Å². The quantitative estimate of drug-likeness (QED) is 0.488. The number of pyridine rings is 1. The Morgan fingerprint density at radius 1 is 1.04 bits per heavy atom. The van der Waals surface area contributed by atoms with E-state index in [-0.39, 0.29) is 6.54 Å². The second kappa shape index (κ2) is 6.35. The van der Waals surface area contributed by atoms with E-state index in [9.17, 15) is 0 Å². The lowest BCUT2D eigenvalue weighted by Crippen LogP contribution is -2.02. The summed E-state index contributed by atoms with van der Waals surface area (Å²) in [7, 11) is 0. The van der Waals surface area contributed by atoms with Gasteiger partial charge in [-0.3, -0.25) is 9.08 Å². The molecule has 0 aliphatic rings. The number of rotatable bonds is 4. The van der Waals surface area contributed by atoms with Crippen LogP contribution in [0.25, 0.3) is 27.9 Å². The van der Waals surface area contributed by atoms with E-state index in [1.54, 1.807) is 4.68 Å². The van der Waals surface area contributed by atoms with Crippen LogP contribution < -0.4 is 0 Å². The molecule has 0 N–H and O–H groups in total. The molecule has 0 bridgehead atoms. The second-order valence-corrected chi connectivity index (χ2v) is 6.73. The van der Waals surface area contributed by atoms with Crippen LogP contribution in [0.3, 0.4) is 0 Å². The van der Waals surface area contributed by atoms with Crippen LogP contribution in [0.2, 0.25) is 0 Å². The van der Waals surface area contributed by atoms with Crippen molar-refractivity contribution in [3.63, 3.8) is 0 Å². The summed E-state index contributed by atoms with van der Waals surface area (Å²) in [6, 6.07) is 18.7. The maximum atomic E-state index is 8.96. The Balaban J connectivity index is 1.76. The Morgan fingerprint density at radius 2 is 1.89 bits per heavy atom. The van der Waals surface area contributed by atoms with E-state index in [4.69, 9.17) is 5.26 Å². The number of nitriles is 1. The van der Waals surface area contributed by atoms with Gasteiger partial charge in [0, 0.05) is 18.3 Å². The summed E-state index contributed by atoms with van der Waals surface area (Å²) in [5.41, 5.74) is 6.21. The van der Waals surface area contributed by atoms with Crippen LogP contribution in [0.1, 0.15) is 11.4 Å². The fourth-order valence-corrected chi connectivity index (χ4v) is 3.67. The zero-order valence-corrected chi connectivity index (χ0v) is 15.3. The standard InChI is InChI=1S/C21H17N7/c1-15-24-25-21-8-7-18-20(28(15)21)11-19(17-12-23-26(14-17)10-9-22)27(18)13-16-5-3-2-4-6-16/h2-8,11-12,14H,10,13H2,1H3. The highest BCUT2D eigenvalue weighted by Gasteiger charge is 2.16.